The van der Waals surface area contributed by atoms with Crippen LogP contribution in [0.25, 0.3) is 5.31 Å². The van der Waals surface area contributed by atoms with Crippen LogP contribution in [0.2, 0.25) is 0 Å². The summed E-state index contributed by atoms with van der Waals surface area (Å²) in [6, 6.07) is 7.28. The van der Waals surface area contributed by atoms with Crippen molar-refractivity contribution in [2.45, 2.75) is 50.5 Å². The van der Waals surface area contributed by atoms with Crippen molar-refractivity contribution in [1.82, 2.24) is 15.1 Å². The van der Waals surface area contributed by atoms with E-state index in [4.69, 9.17) is 9.47 Å². The van der Waals surface area contributed by atoms with E-state index in [-0.39, 0.29) is 11.7 Å². The van der Waals surface area contributed by atoms with Crippen LogP contribution in [0.3, 0.4) is 0 Å². The van der Waals surface area contributed by atoms with Crippen molar-refractivity contribution < 1.29 is 14.3 Å². The number of ether oxygens (including phenoxy) is 2. The molecule has 6 nitrogen and oxygen atoms in total. The Balaban J connectivity index is 1.32. The Morgan fingerprint density at radius 1 is 1.00 bits per heavy atom. The van der Waals surface area contributed by atoms with E-state index in [1.165, 1.54) is 37.0 Å². The molecule has 3 heterocycles. The summed E-state index contributed by atoms with van der Waals surface area (Å²) in [5.41, 5.74) is 3.44. The van der Waals surface area contributed by atoms with Crippen molar-refractivity contribution in [2.75, 3.05) is 27.3 Å². The van der Waals surface area contributed by atoms with E-state index in [2.05, 4.69) is 29.4 Å². The van der Waals surface area contributed by atoms with E-state index < -0.39 is 0 Å². The van der Waals surface area contributed by atoms with Gasteiger partial charge in [-0.3, -0.25) is 4.79 Å². The van der Waals surface area contributed by atoms with Crippen LogP contribution < -0.4 is 14.8 Å². The molecular formula is C25H32N3O3P. The van der Waals surface area contributed by atoms with Crippen molar-refractivity contribution in [3.63, 3.8) is 0 Å². The monoisotopic (exact) mass is 453 g/mol. The van der Waals surface area contributed by atoms with Crippen LogP contribution in [0.1, 0.15) is 38.2 Å². The van der Waals surface area contributed by atoms with E-state index in [1.54, 1.807) is 20.3 Å². The zero-order chi connectivity index (χ0) is 22.2. The lowest BCUT2D eigenvalue weighted by Crippen LogP contribution is -2.44. The maximum Gasteiger partial charge on any atom is 0.252 e. The highest BCUT2D eigenvalue weighted by Crippen LogP contribution is 2.48. The summed E-state index contributed by atoms with van der Waals surface area (Å²) in [4.78, 5) is 17.5. The molecule has 1 saturated heterocycles. The molecule has 1 aliphatic carbocycles. The molecule has 4 aliphatic rings. The predicted molar refractivity (Wildman–Crippen MR) is 129 cm³/mol. The number of piperidine rings is 1. The van der Waals surface area contributed by atoms with Crippen LogP contribution in [0.5, 0.6) is 11.5 Å². The molecule has 32 heavy (non-hydrogen) atoms. The van der Waals surface area contributed by atoms with Crippen molar-refractivity contribution in [3.8, 4) is 11.5 Å². The molecule has 1 aromatic rings. The number of allylic oxidation sites excluding steroid dienone is 1. The zero-order valence-corrected chi connectivity index (χ0v) is 20.1. The van der Waals surface area contributed by atoms with E-state index in [1.807, 2.05) is 23.1 Å². The number of methoxy groups -OCH3 is 2. The molecule has 1 saturated carbocycles. The SMILES string of the molecule is COc1ccc(C2=CC(=O)N3C=C(N4CCC(NC5CC5)CC4)C=C(C)C3P2)cc1OC. The molecular weight excluding hydrogens is 421 g/mol. The summed E-state index contributed by atoms with van der Waals surface area (Å²) >= 11 is 0. The normalized spacial score (nSPS) is 24.7. The second-order valence-corrected chi connectivity index (χ2v) is 10.4. The van der Waals surface area contributed by atoms with Gasteiger partial charge in [0.2, 0.25) is 0 Å². The third kappa shape index (κ3) is 4.31. The third-order valence-corrected chi connectivity index (χ3v) is 8.53. The number of benzene rings is 1. The van der Waals surface area contributed by atoms with Crippen LogP contribution in [-0.4, -0.2) is 60.9 Å². The first kappa shape index (κ1) is 21.5. The van der Waals surface area contributed by atoms with Gasteiger partial charge in [-0.25, -0.2) is 0 Å². The Labute approximate surface area is 192 Å². The number of likely N-dealkylation sites (tertiary alicyclic amines) is 1. The smallest absolute Gasteiger partial charge is 0.252 e. The molecule has 2 atom stereocenters. The molecule has 7 heteroatoms. The maximum absolute atomic E-state index is 13.1. The van der Waals surface area contributed by atoms with Crippen molar-refractivity contribution in [2.24, 2.45) is 0 Å². The van der Waals surface area contributed by atoms with E-state index in [0.717, 1.165) is 30.0 Å². The van der Waals surface area contributed by atoms with Crippen LogP contribution in [0.4, 0.5) is 0 Å². The van der Waals surface area contributed by atoms with E-state index in [0.29, 0.717) is 26.1 Å². The number of carbonyl (C=O) groups excluding carboxylic acids is 1. The highest BCUT2D eigenvalue weighted by atomic mass is 31.1. The lowest BCUT2D eigenvalue weighted by molar-refractivity contribution is -0.124. The largest absolute Gasteiger partial charge is 0.493 e. The molecule has 0 aromatic heterocycles. The molecule has 0 spiro atoms. The molecule has 1 amide bonds. The van der Waals surface area contributed by atoms with Gasteiger partial charge in [-0.15, -0.1) is 0 Å². The fraction of sp³-hybridized carbons (Fsp3) is 0.480. The van der Waals surface area contributed by atoms with Gasteiger partial charge in [0.25, 0.3) is 5.91 Å². The minimum absolute atomic E-state index is 0.0498. The number of amides is 1. The van der Waals surface area contributed by atoms with E-state index >= 15 is 0 Å². The van der Waals surface area contributed by atoms with Crippen molar-refractivity contribution in [3.05, 3.63) is 53.4 Å². The molecule has 1 N–H and O–H groups in total. The van der Waals surface area contributed by atoms with Gasteiger partial charge in [0, 0.05) is 37.4 Å². The van der Waals surface area contributed by atoms with Crippen molar-refractivity contribution >= 4 is 19.8 Å². The molecule has 3 aliphatic heterocycles. The Hall–Kier alpha value is -2.30. The average molecular weight is 454 g/mol. The molecule has 170 valence electrons. The fourth-order valence-electron chi connectivity index (χ4n) is 4.78. The first-order valence-electron chi connectivity index (χ1n) is 11.5. The number of nitrogens with one attached hydrogen (secondary N) is 1. The average Bonchev–Trinajstić information content (AvgIpc) is 3.63. The minimum Gasteiger partial charge on any atom is -0.493 e. The number of rotatable bonds is 6. The van der Waals surface area contributed by atoms with Gasteiger partial charge in [-0.1, -0.05) is 14.6 Å². The number of fused-ring (bicyclic) bond motifs is 1. The summed E-state index contributed by atoms with van der Waals surface area (Å²) in [7, 11) is 3.76. The Morgan fingerprint density at radius 3 is 2.41 bits per heavy atom. The first-order chi connectivity index (χ1) is 15.6. The second kappa shape index (κ2) is 8.92. The second-order valence-electron chi connectivity index (χ2n) is 9.06. The first-order valence-corrected chi connectivity index (χ1v) is 12.6. The zero-order valence-electron chi connectivity index (χ0n) is 19.1. The topological polar surface area (TPSA) is 54.0 Å². The van der Waals surface area contributed by atoms with Gasteiger partial charge in [0.1, 0.15) is 0 Å². The molecule has 1 aromatic carbocycles. The quantitative estimate of drug-likeness (QED) is 0.662. The van der Waals surface area contributed by atoms with Crippen LogP contribution >= 0.6 is 8.58 Å². The van der Waals surface area contributed by atoms with Crippen LogP contribution in [0, 0.1) is 0 Å². The Morgan fingerprint density at radius 2 is 1.72 bits per heavy atom. The number of hydrogen-bond acceptors (Lipinski definition) is 5. The third-order valence-electron chi connectivity index (χ3n) is 6.77. The summed E-state index contributed by atoms with van der Waals surface area (Å²) in [6.07, 6.45) is 11.2. The summed E-state index contributed by atoms with van der Waals surface area (Å²) in [5.74, 6) is 1.52. The maximum atomic E-state index is 13.1. The molecule has 2 unspecified atom stereocenters. The van der Waals surface area contributed by atoms with Crippen molar-refractivity contribution in [1.29, 1.82) is 0 Å². The fourth-order valence-corrected chi connectivity index (χ4v) is 6.25. The number of hydrogen-bond donors (Lipinski definition) is 1. The standard InChI is InChI=1S/C25H32N3O3P/c1-16-12-20(27-10-8-19(9-11-27)26-18-5-6-18)15-28-24(29)14-23(32-25(16)28)17-4-7-21(30-2)22(13-17)31-3/h4,7,12-15,18-19,25-26,32H,5-6,8-11H2,1-3H3. The van der Waals surface area contributed by atoms with E-state index in [9.17, 15) is 4.79 Å². The number of nitrogens with zero attached hydrogens (tertiary/aromatic N) is 2. The van der Waals surface area contributed by atoms with Gasteiger partial charge in [-0.2, -0.15) is 0 Å². The van der Waals surface area contributed by atoms with Crippen LogP contribution in [0.15, 0.2) is 47.8 Å². The van der Waals surface area contributed by atoms with Gasteiger partial charge < -0.3 is 24.6 Å². The minimum atomic E-state index is 0.0498. The predicted octanol–water partition coefficient (Wildman–Crippen LogP) is 3.91. The number of carbonyl (C=O) groups is 1. The van der Waals surface area contributed by atoms with Gasteiger partial charge in [0.05, 0.1) is 25.7 Å². The summed E-state index contributed by atoms with van der Waals surface area (Å²) in [5, 5.41) is 4.83. The molecule has 0 radical (unpaired) electrons. The van der Waals surface area contributed by atoms with Gasteiger partial charge >= 0.3 is 0 Å². The lowest BCUT2D eigenvalue weighted by Gasteiger charge is -2.41. The highest BCUT2D eigenvalue weighted by Gasteiger charge is 2.34. The lowest BCUT2D eigenvalue weighted by atomic mass is 10.0. The summed E-state index contributed by atoms with van der Waals surface area (Å²) < 4.78 is 10.8. The Kier molecular flexibility index (Phi) is 6.00. The molecule has 2 fully saturated rings. The Bertz CT molecular complexity index is 990. The molecule has 5 rings (SSSR count). The summed E-state index contributed by atoms with van der Waals surface area (Å²) in [6.45, 7) is 4.24. The van der Waals surface area contributed by atoms with Gasteiger partial charge in [-0.05, 0) is 67.3 Å². The highest BCUT2D eigenvalue weighted by molar-refractivity contribution is 7.51. The molecule has 0 bridgehead atoms. The van der Waals surface area contributed by atoms with Gasteiger partial charge in [0.15, 0.2) is 11.5 Å². The van der Waals surface area contributed by atoms with Crippen LogP contribution in [-0.2, 0) is 4.79 Å².